The largest absolute Gasteiger partial charge is 0.339 e. The van der Waals surface area contributed by atoms with Gasteiger partial charge in [0.05, 0.1) is 6.33 Å². The molecule has 1 N–H and O–H groups in total. The maximum Gasteiger partial charge on any atom is 0.253 e. The zero-order valence-electron chi connectivity index (χ0n) is 14.4. The molecule has 0 aliphatic carbocycles. The maximum atomic E-state index is 12.8. The van der Waals surface area contributed by atoms with Crippen molar-refractivity contribution in [2.24, 2.45) is 5.41 Å². The summed E-state index contributed by atoms with van der Waals surface area (Å²) in [5.74, 6) is 0.163. The maximum absolute atomic E-state index is 12.8. The van der Waals surface area contributed by atoms with Crippen LogP contribution in [0.2, 0.25) is 0 Å². The molecule has 0 unspecified atom stereocenters. The van der Waals surface area contributed by atoms with Crippen molar-refractivity contribution in [3.63, 3.8) is 0 Å². The Hall–Kier alpha value is -1.85. The van der Waals surface area contributed by atoms with Gasteiger partial charge in [0.2, 0.25) is 0 Å². The number of carbonyl (C=O) groups is 1. The molecule has 3 heterocycles. The Morgan fingerprint density at radius 2 is 1.72 bits per heavy atom. The van der Waals surface area contributed by atoms with Crippen LogP contribution < -0.4 is 5.32 Å². The second-order valence-electron chi connectivity index (χ2n) is 7.06. The first-order valence-corrected chi connectivity index (χ1v) is 8.84. The minimum atomic E-state index is 0. The molecule has 0 bridgehead atoms. The van der Waals surface area contributed by atoms with Gasteiger partial charge in [0, 0.05) is 36.7 Å². The Balaban J connectivity index is 0.00000182. The molecule has 4 rings (SSSR count). The third kappa shape index (κ3) is 3.72. The molecule has 1 spiro atoms. The third-order valence-corrected chi connectivity index (χ3v) is 5.69. The lowest BCUT2D eigenvalue weighted by atomic mass is 9.71. The number of halogens is 1. The van der Waals surface area contributed by atoms with Crippen LogP contribution in [0.25, 0.3) is 5.69 Å². The van der Waals surface area contributed by atoms with E-state index in [2.05, 4.69) is 10.3 Å². The molecular formula is C19H25ClN4O. The lowest BCUT2D eigenvalue weighted by Gasteiger charge is -2.44. The lowest BCUT2D eigenvalue weighted by molar-refractivity contribution is 0.0496. The predicted molar refractivity (Wildman–Crippen MR) is 100 cm³/mol. The van der Waals surface area contributed by atoms with Gasteiger partial charge in [-0.1, -0.05) is 0 Å². The smallest absolute Gasteiger partial charge is 0.253 e. The first kappa shape index (κ1) is 18.0. The van der Waals surface area contributed by atoms with Crippen molar-refractivity contribution in [1.82, 2.24) is 19.8 Å². The fourth-order valence-electron chi connectivity index (χ4n) is 4.01. The summed E-state index contributed by atoms with van der Waals surface area (Å²) < 4.78 is 1.94. The second-order valence-corrected chi connectivity index (χ2v) is 7.06. The number of carbonyl (C=O) groups excluding carboxylic acids is 1. The summed E-state index contributed by atoms with van der Waals surface area (Å²) in [6.07, 6.45) is 10.2. The van der Waals surface area contributed by atoms with E-state index in [1.54, 1.807) is 12.5 Å². The van der Waals surface area contributed by atoms with Crippen molar-refractivity contribution in [3.8, 4) is 5.69 Å². The molecule has 2 aliphatic heterocycles. The topological polar surface area (TPSA) is 50.2 Å². The molecular weight excluding hydrogens is 336 g/mol. The number of piperidine rings is 2. The van der Waals surface area contributed by atoms with Crippen LogP contribution in [0.5, 0.6) is 0 Å². The normalized spacial score (nSPS) is 19.4. The summed E-state index contributed by atoms with van der Waals surface area (Å²) in [6.45, 7) is 4.04. The van der Waals surface area contributed by atoms with E-state index in [9.17, 15) is 4.79 Å². The molecule has 2 saturated heterocycles. The van der Waals surface area contributed by atoms with Crippen molar-refractivity contribution < 1.29 is 4.79 Å². The van der Waals surface area contributed by atoms with Gasteiger partial charge in [-0.05, 0) is 68.5 Å². The number of nitrogens with one attached hydrogen (secondary N) is 1. The summed E-state index contributed by atoms with van der Waals surface area (Å²) in [4.78, 5) is 18.8. The van der Waals surface area contributed by atoms with E-state index < -0.39 is 0 Å². The molecule has 2 aromatic rings. The second kappa shape index (κ2) is 7.58. The number of hydrogen-bond donors (Lipinski definition) is 1. The molecule has 5 nitrogen and oxygen atoms in total. The van der Waals surface area contributed by atoms with Crippen molar-refractivity contribution in [2.45, 2.75) is 25.7 Å². The number of aromatic nitrogens is 2. The Morgan fingerprint density at radius 1 is 1.04 bits per heavy atom. The van der Waals surface area contributed by atoms with Gasteiger partial charge in [0.1, 0.15) is 0 Å². The van der Waals surface area contributed by atoms with Gasteiger partial charge < -0.3 is 14.8 Å². The standard InChI is InChI=1S/C19H24N4O.ClH/c24-18(16-1-3-17(4-2-16)23-14-11-21-15-23)22-12-7-19(8-13-22)5-9-20-10-6-19;/h1-4,11,14-15,20H,5-10,12-13H2;1H. The van der Waals surface area contributed by atoms with Crippen molar-refractivity contribution in [2.75, 3.05) is 26.2 Å². The van der Waals surface area contributed by atoms with E-state index >= 15 is 0 Å². The predicted octanol–water partition coefficient (Wildman–Crippen LogP) is 2.90. The number of amides is 1. The highest BCUT2D eigenvalue weighted by atomic mass is 35.5. The summed E-state index contributed by atoms with van der Waals surface area (Å²) >= 11 is 0. The summed E-state index contributed by atoms with van der Waals surface area (Å²) in [5.41, 5.74) is 2.28. The summed E-state index contributed by atoms with van der Waals surface area (Å²) in [7, 11) is 0. The molecule has 0 saturated carbocycles. The van der Waals surface area contributed by atoms with Crippen molar-refractivity contribution in [1.29, 1.82) is 0 Å². The summed E-state index contributed by atoms with van der Waals surface area (Å²) in [5, 5.41) is 3.45. The molecule has 2 aliphatic rings. The van der Waals surface area contributed by atoms with E-state index in [1.807, 2.05) is 39.9 Å². The van der Waals surface area contributed by atoms with E-state index in [1.165, 1.54) is 12.8 Å². The van der Waals surface area contributed by atoms with Crippen LogP contribution in [0.15, 0.2) is 43.0 Å². The molecule has 134 valence electrons. The van der Waals surface area contributed by atoms with Gasteiger partial charge in [-0.3, -0.25) is 4.79 Å². The zero-order chi connectivity index (χ0) is 16.4. The molecule has 25 heavy (non-hydrogen) atoms. The van der Waals surface area contributed by atoms with E-state index in [0.29, 0.717) is 5.41 Å². The average molecular weight is 361 g/mol. The van der Waals surface area contributed by atoms with E-state index in [4.69, 9.17) is 0 Å². The van der Waals surface area contributed by atoms with Crippen LogP contribution in [0.3, 0.4) is 0 Å². The van der Waals surface area contributed by atoms with Crippen LogP contribution in [0.4, 0.5) is 0 Å². The van der Waals surface area contributed by atoms with Gasteiger partial charge in [-0.25, -0.2) is 4.98 Å². The molecule has 6 heteroatoms. The quantitative estimate of drug-likeness (QED) is 0.895. The van der Waals surface area contributed by atoms with Gasteiger partial charge in [0.25, 0.3) is 5.91 Å². The minimum absolute atomic E-state index is 0. The minimum Gasteiger partial charge on any atom is -0.339 e. The number of hydrogen-bond acceptors (Lipinski definition) is 3. The number of rotatable bonds is 2. The average Bonchev–Trinajstić information content (AvgIpc) is 3.17. The van der Waals surface area contributed by atoms with Gasteiger partial charge in [-0.15, -0.1) is 12.4 Å². The fourth-order valence-corrected chi connectivity index (χ4v) is 4.01. The Morgan fingerprint density at radius 3 is 2.32 bits per heavy atom. The Bertz CT molecular complexity index is 683. The van der Waals surface area contributed by atoms with Crippen LogP contribution in [0, 0.1) is 5.41 Å². The lowest BCUT2D eigenvalue weighted by Crippen LogP contribution is -2.47. The zero-order valence-corrected chi connectivity index (χ0v) is 15.2. The van der Waals surface area contributed by atoms with Gasteiger partial charge >= 0.3 is 0 Å². The molecule has 1 aromatic heterocycles. The number of nitrogens with zero attached hydrogens (tertiary/aromatic N) is 3. The monoisotopic (exact) mass is 360 g/mol. The number of imidazole rings is 1. The first-order valence-electron chi connectivity index (χ1n) is 8.84. The van der Waals surface area contributed by atoms with Crippen LogP contribution in [-0.4, -0.2) is 46.5 Å². The molecule has 0 radical (unpaired) electrons. The van der Waals surface area contributed by atoms with E-state index in [0.717, 1.165) is 50.3 Å². The van der Waals surface area contributed by atoms with Gasteiger partial charge in [0.15, 0.2) is 0 Å². The van der Waals surface area contributed by atoms with E-state index in [-0.39, 0.29) is 18.3 Å². The highest BCUT2D eigenvalue weighted by Gasteiger charge is 2.36. The summed E-state index contributed by atoms with van der Waals surface area (Å²) in [6, 6.07) is 7.81. The SMILES string of the molecule is Cl.O=C(c1ccc(-n2ccnc2)cc1)N1CCC2(CCNCC2)CC1. The third-order valence-electron chi connectivity index (χ3n) is 5.69. The molecule has 2 fully saturated rings. The molecule has 0 atom stereocenters. The van der Waals surface area contributed by atoms with Crippen LogP contribution in [0.1, 0.15) is 36.0 Å². The Kier molecular flexibility index (Phi) is 5.45. The highest BCUT2D eigenvalue weighted by molar-refractivity contribution is 5.94. The first-order chi connectivity index (χ1) is 11.8. The number of benzene rings is 1. The van der Waals surface area contributed by atoms with Crippen molar-refractivity contribution in [3.05, 3.63) is 48.5 Å². The van der Waals surface area contributed by atoms with Gasteiger partial charge in [-0.2, -0.15) is 0 Å². The molecule has 1 aromatic carbocycles. The fraction of sp³-hybridized carbons (Fsp3) is 0.474. The van der Waals surface area contributed by atoms with Crippen LogP contribution in [-0.2, 0) is 0 Å². The highest BCUT2D eigenvalue weighted by Crippen LogP contribution is 2.39. The van der Waals surface area contributed by atoms with Crippen LogP contribution >= 0.6 is 12.4 Å². The molecule has 1 amide bonds. The number of likely N-dealkylation sites (tertiary alicyclic amines) is 1. The Labute approximate surface area is 154 Å². The van der Waals surface area contributed by atoms with Crippen molar-refractivity contribution >= 4 is 18.3 Å².